The number of hydrogen-bond acceptors (Lipinski definition) is 5. The summed E-state index contributed by atoms with van der Waals surface area (Å²) in [6.45, 7) is 0. The van der Waals surface area contributed by atoms with Crippen molar-refractivity contribution in [3.8, 4) is 17.7 Å². The molecular formula is C12H12F3N3O2S. The second kappa shape index (κ2) is 7.08. The van der Waals surface area contributed by atoms with Gasteiger partial charge in [0.25, 0.3) is 0 Å². The molecule has 0 aliphatic rings. The highest BCUT2D eigenvalue weighted by Crippen LogP contribution is 2.43. The number of halogens is 3. The second-order valence-corrected chi connectivity index (χ2v) is 4.37. The molecule has 0 radical (unpaired) electrons. The zero-order chi connectivity index (χ0) is 16.0. The summed E-state index contributed by atoms with van der Waals surface area (Å²) in [5.41, 5.74) is -1.03. The van der Waals surface area contributed by atoms with Gasteiger partial charge in [0.05, 0.1) is 19.8 Å². The largest absolute Gasteiger partial charge is 0.496 e. The first-order chi connectivity index (χ1) is 9.87. The van der Waals surface area contributed by atoms with Crippen molar-refractivity contribution < 1.29 is 22.6 Å². The van der Waals surface area contributed by atoms with E-state index >= 15 is 0 Å². The number of thioether (sulfide) groups is 1. The minimum Gasteiger partial charge on any atom is -0.496 e. The van der Waals surface area contributed by atoms with Gasteiger partial charge in [0.15, 0.2) is 11.4 Å². The molecule has 1 aromatic rings. The summed E-state index contributed by atoms with van der Waals surface area (Å²) < 4.78 is 48.7. The lowest BCUT2D eigenvalue weighted by molar-refractivity contribution is -0.138. The summed E-state index contributed by atoms with van der Waals surface area (Å²) in [6.07, 6.45) is -1.31. The Kier molecular flexibility index (Phi) is 5.72. The van der Waals surface area contributed by atoms with E-state index in [4.69, 9.17) is 14.7 Å². The molecule has 0 spiro atoms. The molecule has 0 aliphatic heterocycles. The third kappa shape index (κ3) is 4.19. The van der Waals surface area contributed by atoms with E-state index in [9.17, 15) is 13.2 Å². The third-order valence-electron chi connectivity index (χ3n) is 2.38. The van der Waals surface area contributed by atoms with Gasteiger partial charge in [-0.3, -0.25) is 5.32 Å². The molecule has 5 nitrogen and oxygen atoms in total. The van der Waals surface area contributed by atoms with Crippen LogP contribution in [0.3, 0.4) is 0 Å². The summed E-state index contributed by atoms with van der Waals surface area (Å²) in [5.74, 6) is -0.261. The summed E-state index contributed by atoms with van der Waals surface area (Å²) in [4.78, 5) is 3.95. The van der Waals surface area contributed by atoms with Crippen molar-refractivity contribution in [1.82, 2.24) is 5.32 Å². The van der Waals surface area contributed by atoms with E-state index in [2.05, 4.69) is 10.3 Å². The SMILES string of the molecule is COc1cc(OC)c(C(F)(F)F)cc1N=C(NC#N)SC. The highest BCUT2D eigenvalue weighted by Gasteiger charge is 2.35. The maximum atomic E-state index is 13.0. The number of nitriles is 1. The van der Waals surface area contributed by atoms with E-state index in [-0.39, 0.29) is 22.4 Å². The first-order valence-electron chi connectivity index (χ1n) is 5.48. The lowest BCUT2D eigenvalue weighted by Crippen LogP contribution is -2.13. The van der Waals surface area contributed by atoms with Crippen molar-refractivity contribution in [2.24, 2.45) is 4.99 Å². The first kappa shape index (κ1) is 17.0. The molecule has 21 heavy (non-hydrogen) atoms. The summed E-state index contributed by atoms with van der Waals surface area (Å²) in [5, 5.41) is 11.0. The van der Waals surface area contributed by atoms with Crippen LogP contribution in [0.4, 0.5) is 18.9 Å². The van der Waals surface area contributed by atoms with Crippen LogP contribution in [0.25, 0.3) is 0 Å². The highest BCUT2D eigenvalue weighted by molar-refractivity contribution is 8.13. The molecule has 0 unspecified atom stereocenters. The number of rotatable bonds is 3. The van der Waals surface area contributed by atoms with Crippen molar-refractivity contribution in [3.05, 3.63) is 17.7 Å². The fraction of sp³-hybridized carbons (Fsp3) is 0.333. The van der Waals surface area contributed by atoms with Crippen LogP contribution in [-0.4, -0.2) is 25.6 Å². The van der Waals surface area contributed by atoms with E-state index in [0.29, 0.717) is 0 Å². The first-order valence-corrected chi connectivity index (χ1v) is 6.70. The molecule has 0 aromatic heterocycles. The number of aliphatic imine (C=N–C) groups is 1. The van der Waals surface area contributed by atoms with Gasteiger partial charge in [0, 0.05) is 6.07 Å². The number of hydrogen-bond donors (Lipinski definition) is 1. The lowest BCUT2D eigenvalue weighted by atomic mass is 10.1. The molecule has 114 valence electrons. The van der Waals surface area contributed by atoms with Gasteiger partial charge in [-0.15, -0.1) is 0 Å². The maximum Gasteiger partial charge on any atom is 0.420 e. The van der Waals surface area contributed by atoms with Gasteiger partial charge in [0.2, 0.25) is 0 Å². The summed E-state index contributed by atoms with van der Waals surface area (Å²) in [6, 6.07) is 1.92. The zero-order valence-corrected chi connectivity index (χ0v) is 12.2. The van der Waals surface area contributed by atoms with Gasteiger partial charge < -0.3 is 9.47 Å². The van der Waals surface area contributed by atoms with Crippen molar-refractivity contribution in [3.63, 3.8) is 0 Å². The second-order valence-electron chi connectivity index (χ2n) is 3.58. The molecule has 9 heteroatoms. The average molecular weight is 319 g/mol. The Bertz CT molecular complexity index is 582. The molecule has 0 fully saturated rings. The maximum absolute atomic E-state index is 13.0. The zero-order valence-electron chi connectivity index (χ0n) is 11.4. The summed E-state index contributed by atoms with van der Waals surface area (Å²) in [7, 11) is 2.44. The van der Waals surface area contributed by atoms with Crippen LogP contribution in [-0.2, 0) is 6.18 Å². The molecule has 0 saturated heterocycles. The smallest absolute Gasteiger partial charge is 0.420 e. The molecule has 0 atom stereocenters. The van der Waals surface area contributed by atoms with E-state index in [1.165, 1.54) is 7.11 Å². The van der Waals surface area contributed by atoms with Crippen molar-refractivity contribution in [2.45, 2.75) is 6.18 Å². The molecule has 0 amide bonds. The van der Waals surface area contributed by atoms with Crippen LogP contribution in [0.1, 0.15) is 5.56 Å². The summed E-state index contributed by atoms with van der Waals surface area (Å²) >= 11 is 1.08. The Hall–Kier alpha value is -2.08. The molecule has 0 aliphatic carbocycles. The van der Waals surface area contributed by atoms with Crippen LogP contribution in [0.5, 0.6) is 11.5 Å². The van der Waals surface area contributed by atoms with Crippen LogP contribution < -0.4 is 14.8 Å². The van der Waals surface area contributed by atoms with Crippen molar-refractivity contribution in [2.75, 3.05) is 20.5 Å². The van der Waals surface area contributed by atoms with E-state index in [0.717, 1.165) is 31.0 Å². The van der Waals surface area contributed by atoms with Crippen molar-refractivity contribution >= 4 is 22.6 Å². The lowest BCUT2D eigenvalue weighted by Gasteiger charge is -2.15. The van der Waals surface area contributed by atoms with Gasteiger partial charge in [-0.1, -0.05) is 11.8 Å². The minimum absolute atomic E-state index is 0.0577. The van der Waals surface area contributed by atoms with Gasteiger partial charge in [-0.05, 0) is 12.3 Å². The number of nitrogens with zero attached hydrogens (tertiary/aromatic N) is 2. The number of amidine groups is 1. The Morgan fingerprint density at radius 3 is 2.33 bits per heavy atom. The van der Waals surface area contributed by atoms with Crippen LogP contribution >= 0.6 is 11.8 Å². The predicted molar refractivity (Wildman–Crippen MR) is 73.9 cm³/mol. The third-order valence-corrected chi connectivity index (χ3v) is 2.96. The predicted octanol–water partition coefficient (Wildman–Crippen LogP) is 3.14. The quantitative estimate of drug-likeness (QED) is 0.401. The number of alkyl halides is 3. The Balaban J connectivity index is 3.47. The Morgan fingerprint density at radius 2 is 1.90 bits per heavy atom. The van der Waals surface area contributed by atoms with E-state index in [1.54, 1.807) is 12.4 Å². The molecule has 0 bridgehead atoms. The number of methoxy groups -OCH3 is 2. The van der Waals surface area contributed by atoms with E-state index < -0.39 is 11.7 Å². The van der Waals surface area contributed by atoms with E-state index in [1.807, 2.05) is 0 Å². The molecular weight excluding hydrogens is 307 g/mol. The van der Waals surface area contributed by atoms with Crippen LogP contribution in [0, 0.1) is 11.5 Å². The average Bonchev–Trinajstić information content (AvgIpc) is 2.45. The van der Waals surface area contributed by atoms with Crippen molar-refractivity contribution in [1.29, 1.82) is 5.26 Å². The van der Waals surface area contributed by atoms with Gasteiger partial charge in [-0.2, -0.15) is 18.4 Å². The van der Waals surface area contributed by atoms with Gasteiger partial charge >= 0.3 is 6.18 Å². The van der Waals surface area contributed by atoms with Gasteiger partial charge in [0.1, 0.15) is 17.2 Å². The number of nitrogens with one attached hydrogen (secondary N) is 1. The fourth-order valence-electron chi connectivity index (χ4n) is 1.47. The van der Waals surface area contributed by atoms with Gasteiger partial charge in [-0.25, -0.2) is 4.99 Å². The highest BCUT2D eigenvalue weighted by atomic mass is 32.2. The Labute approximate surface area is 123 Å². The molecule has 1 aromatic carbocycles. The van der Waals surface area contributed by atoms with Crippen LogP contribution in [0.15, 0.2) is 17.1 Å². The molecule has 1 N–H and O–H groups in total. The molecule has 0 saturated carbocycles. The number of benzene rings is 1. The fourth-order valence-corrected chi connectivity index (χ4v) is 1.81. The standard InChI is InChI=1S/C12H12F3N3O2S/c1-19-9-5-10(20-2)8(4-7(9)12(13,14)15)18-11(21-3)17-6-16/h4-5H,1-3H3,(H,17,18). The topological polar surface area (TPSA) is 66.6 Å². The molecule has 0 heterocycles. The monoisotopic (exact) mass is 319 g/mol. The minimum atomic E-state index is -4.59. The number of ether oxygens (including phenoxy) is 2. The Morgan fingerprint density at radius 1 is 1.29 bits per heavy atom. The van der Waals surface area contributed by atoms with Crippen LogP contribution in [0.2, 0.25) is 0 Å². The molecule has 1 rings (SSSR count). The normalized spacial score (nSPS) is 11.8.